The van der Waals surface area contributed by atoms with E-state index in [1.54, 1.807) is 42.5 Å². The van der Waals surface area contributed by atoms with Crippen LogP contribution < -0.4 is 16.8 Å². The summed E-state index contributed by atoms with van der Waals surface area (Å²) >= 11 is 0. The maximum absolute atomic E-state index is 12.6. The minimum Gasteiger partial charge on any atom is -0.384 e. The lowest BCUT2D eigenvalue weighted by atomic mass is 10.0. The van der Waals surface area contributed by atoms with E-state index in [1.165, 1.54) is 0 Å². The summed E-state index contributed by atoms with van der Waals surface area (Å²) in [6.45, 7) is 3.45. The van der Waals surface area contributed by atoms with Crippen molar-refractivity contribution in [2.75, 3.05) is 18.4 Å². The van der Waals surface area contributed by atoms with Crippen LogP contribution in [0, 0.1) is 12.3 Å². The van der Waals surface area contributed by atoms with Gasteiger partial charge in [-0.1, -0.05) is 18.2 Å². The van der Waals surface area contributed by atoms with Gasteiger partial charge in [0.1, 0.15) is 11.9 Å². The first-order chi connectivity index (χ1) is 13.4. The molecule has 1 unspecified atom stereocenters. The molecule has 1 saturated heterocycles. The van der Waals surface area contributed by atoms with Crippen LogP contribution in [-0.4, -0.2) is 35.6 Å². The fourth-order valence-corrected chi connectivity index (χ4v) is 3.34. The molecule has 1 aliphatic rings. The quantitative estimate of drug-likeness (QED) is 0.411. The number of carbonyl (C=O) groups excluding carboxylic acids is 2. The fraction of sp³-hybridized carbons (Fsp3) is 0.286. The minimum atomic E-state index is -0.898. The van der Waals surface area contributed by atoms with Gasteiger partial charge < -0.3 is 21.7 Å². The molecule has 0 aromatic heterocycles. The third kappa shape index (κ3) is 5.72. The predicted octanol–water partition coefficient (Wildman–Crippen LogP) is 3.00. The summed E-state index contributed by atoms with van der Waals surface area (Å²) in [4.78, 5) is 27.0. The second kappa shape index (κ2) is 11.0. The normalized spacial score (nSPS) is 13.6. The zero-order chi connectivity index (χ0) is 20.3. The molecule has 1 heterocycles. The molecule has 1 atom stereocenters. The molecular weight excluding hydrogens is 425 g/mol. The number of aryl methyl sites for hydroxylation is 1. The second-order valence-corrected chi connectivity index (χ2v) is 7.04. The monoisotopic (exact) mass is 451 g/mol. The number of nitrogens with zero attached hydrogens (tertiary/aromatic N) is 1. The van der Waals surface area contributed by atoms with E-state index in [1.807, 2.05) is 11.8 Å². The zero-order valence-corrected chi connectivity index (χ0v) is 18.3. The van der Waals surface area contributed by atoms with Crippen LogP contribution in [0.2, 0.25) is 0 Å². The van der Waals surface area contributed by atoms with Crippen molar-refractivity contribution >= 4 is 48.2 Å². The fourth-order valence-electron chi connectivity index (χ4n) is 3.34. The predicted molar refractivity (Wildman–Crippen MR) is 124 cm³/mol. The Hall–Kier alpha value is -2.61. The van der Waals surface area contributed by atoms with E-state index in [0.29, 0.717) is 22.4 Å². The number of nitrogens with one attached hydrogen (secondary N) is 2. The Kier molecular flexibility index (Phi) is 9.29. The Morgan fingerprint density at radius 1 is 1.10 bits per heavy atom. The molecule has 2 amide bonds. The van der Waals surface area contributed by atoms with E-state index >= 15 is 0 Å². The van der Waals surface area contributed by atoms with Crippen molar-refractivity contribution in [3.05, 3.63) is 64.7 Å². The number of hydrogen-bond donors (Lipinski definition) is 4. The summed E-state index contributed by atoms with van der Waals surface area (Å²) in [5, 5.41) is 10.3. The Labute approximate surface area is 188 Å². The van der Waals surface area contributed by atoms with Gasteiger partial charge in [0.25, 0.3) is 5.91 Å². The van der Waals surface area contributed by atoms with Crippen LogP contribution in [0.1, 0.15) is 45.9 Å². The standard InChI is InChI=1S/C21H25N5O2.2ClH/c1-13-11-16(7-8-17(13)21(28)26-9-2-3-10-26)25-20(27)18(22)14-5-4-6-15(12-14)19(23)24;;/h4-8,11-12,18H,2-3,9-10,22H2,1H3,(H3,23,24)(H,25,27);2*1H. The number of benzene rings is 2. The van der Waals surface area contributed by atoms with Crippen molar-refractivity contribution in [2.45, 2.75) is 25.8 Å². The van der Waals surface area contributed by atoms with Crippen LogP contribution in [0.3, 0.4) is 0 Å². The zero-order valence-electron chi connectivity index (χ0n) is 16.7. The molecule has 2 aromatic rings. The van der Waals surface area contributed by atoms with Crippen molar-refractivity contribution in [3.63, 3.8) is 0 Å². The maximum Gasteiger partial charge on any atom is 0.254 e. The first kappa shape index (κ1) is 25.4. The summed E-state index contributed by atoms with van der Waals surface area (Å²) in [6.07, 6.45) is 2.09. The first-order valence-electron chi connectivity index (χ1n) is 9.27. The third-order valence-electron chi connectivity index (χ3n) is 4.96. The molecular formula is C21H27Cl2N5O2. The molecule has 3 rings (SSSR count). The second-order valence-electron chi connectivity index (χ2n) is 7.04. The highest BCUT2D eigenvalue weighted by molar-refractivity contribution is 5.99. The molecule has 9 heteroatoms. The average molecular weight is 452 g/mol. The van der Waals surface area contributed by atoms with Crippen LogP contribution in [0.25, 0.3) is 0 Å². The molecule has 30 heavy (non-hydrogen) atoms. The maximum atomic E-state index is 12.6. The van der Waals surface area contributed by atoms with Crippen molar-refractivity contribution < 1.29 is 9.59 Å². The van der Waals surface area contributed by atoms with Gasteiger partial charge in [-0.2, -0.15) is 0 Å². The van der Waals surface area contributed by atoms with Gasteiger partial charge in [-0.05, 0) is 55.2 Å². The number of rotatable bonds is 5. The van der Waals surface area contributed by atoms with E-state index < -0.39 is 6.04 Å². The van der Waals surface area contributed by atoms with E-state index in [2.05, 4.69) is 5.32 Å². The number of amidine groups is 1. The molecule has 0 bridgehead atoms. The van der Waals surface area contributed by atoms with Gasteiger partial charge in [0.2, 0.25) is 5.91 Å². The number of anilines is 1. The van der Waals surface area contributed by atoms with E-state index in [0.717, 1.165) is 31.5 Å². The summed E-state index contributed by atoms with van der Waals surface area (Å²) in [7, 11) is 0. The highest BCUT2D eigenvalue weighted by Gasteiger charge is 2.22. The van der Waals surface area contributed by atoms with Crippen molar-refractivity contribution in [2.24, 2.45) is 11.5 Å². The Morgan fingerprint density at radius 3 is 2.37 bits per heavy atom. The number of nitrogen functional groups attached to an aromatic ring is 1. The van der Waals surface area contributed by atoms with Gasteiger partial charge in [0.05, 0.1) is 0 Å². The van der Waals surface area contributed by atoms with E-state index in [4.69, 9.17) is 16.9 Å². The molecule has 1 fully saturated rings. The highest BCUT2D eigenvalue weighted by Crippen LogP contribution is 2.21. The number of hydrogen-bond acceptors (Lipinski definition) is 4. The summed E-state index contributed by atoms with van der Waals surface area (Å²) < 4.78 is 0. The lowest BCUT2D eigenvalue weighted by Gasteiger charge is -2.18. The molecule has 2 aromatic carbocycles. The first-order valence-corrected chi connectivity index (χ1v) is 9.27. The number of amides is 2. The third-order valence-corrected chi connectivity index (χ3v) is 4.96. The van der Waals surface area contributed by atoms with E-state index in [9.17, 15) is 9.59 Å². The van der Waals surface area contributed by atoms with Gasteiger partial charge in [0, 0.05) is 29.9 Å². The van der Waals surface area contributed by atoms with Crippen molar-refractivity contribution in [3.8, 4) is 0 Å². The van der Waals surface area contributed by atoms with Crippen LogP contribution in [-0.2, 0) is 4.79 Å². The van der Waals surface area contributed by atoms with Crippen molar-refractivity contribution in [1.29, 1.82) is 5.41 Å². The molecule has 6 N–H and O–H groups in total. The van der Waals surface area contributed by atoms with Crippen LogP contribution >= 0.6 is 24.8 Å². The Bertz CT molecular complexity index is 929. The van der Waals surface area contributed by atoms with Gasteiger partial charge >= 0.3 is 0 Å². The molecule has 0 spiro atoms. The molecule has 7 nitrogen and oxygen atoms in total. The highest BCUT2D eigenvalue weighted by atomic mass is 35.5. The summed E-state index contributed by atoms with van der Waals surface area (Å²) in [5.74, 6) is -0.423. The average Bonchev–Trinajstić information content (AvgIpc) is 3.22. The summed E-state index contributed by atoms with van der Waals surface area (Å²) in [5.41, 5.74) is 14.7. The molecule has 1 aliphatic heterocycles. The molecule has 0 aliphatic carbocycles. The molecule has 0 saturated carbocycles. The Morgan fingerprint density at radius 2 is 1.77 bits per heavy atom. The topological polar surface area (TPSA) is 125 Å². The van der Waals surface area contributed by atoms with Crippen LogP contribution in [0.4, 0.5) is 5.69 Å². The lowest BCUT2D eigenvalue weighted by molar-refractivity contribution is -0.117. The number of nitrogens with two attached hydrogens (primary N) is 2. The van der Waals surface area contributed by atoms with Crippen LogP contribution in [0.15, 0.2) is 42.5 Å². The number of likely N-dealkylation sites (tertiary alicyclic amines) is 1. The SMILES string of the molecule is Cc1cc(NC(=O)C(N)c2cccc(C(=N)N)c2)ccc1C(=O)N1CCCC1.Cl.Cl. The van der Waals surface area contributed by atoms with Gasteiger partial charge in [-0.3, -0.25) is 15.0 Å². The van der Waals surface area contributed by atoms with E-state index in [-0.39, 0.29) is 42.5 Å². The molecule has 0 radical (unpaired) electrons. The van der Waals surface area contributed by atoms with Gasteiger partial charge in [0.15, 0.2) is 0 Å². The number of halogens is 2. The summed E-state index contributed by atoms with van der Waals surface area (Å²) in [6, 6.07) is 11.1. The van der Waals surface area contributed by atoms with Gasteiger partial charge in [-0.25, -0.2) is 0 Å². The van der Waals surface area contributed by atoms with Crippen LogP contribution in [0.5, 0.6) is 0 Å². The Balaban J connectivity index is 0.00000225. The molecule has 162 valence electrons. The largest absolute Gasteiger partial charge is 0.384 e. The minimum absolute atomic E-state index is 0. The van der Waals surface area contributed by atoms with Gasteiger partial charge in [-0.15, -0.1) is 24.8 Å². The lowest BCUT2D eigenvalue weighted by Crippen LogP contribution is -2.29. The number of carbonyl (C=O) groups is 2. The smallest absolute Gasteiger partial charge is 0.254 e. The van der Waals surface area contributed by atoms with Crippen molar-refractivity contribution in [1.82, 2.24) is 4.90 Å².